The first-order valence-corrected chi connectivity index (χ1v) is 7.44. The summed E-state index contributed by atoms with van der Waals surface area (Å²) in [4.78, 5) is 30.2. The maximum absolute atomic E-state index is 10.4. The molecule has 2 aliphatic heterocycles. The third-order valence-corrected chi connectivity index (χ3v) is 4.23. The summed E-state index contributed by atoms with van der Waals surface area (Å²) in [7, 11) is 0. The van der Waals surface area contributed by atoms with Crippen LogP contribution < -0.4 is 0 Å². The molecule has 12 heteroatoms. The standard InChI is InChI=1S/C7H13NO.C6H3N3O7/c9-7-3-5-8-4-1-2-6(7)8;10-6-4(8(13)14)1-3(7(11)12)2-5(6)9(15)16/h6-7,9H,1-5H2;1-2,10H/t6-,7-;/m1./s1. The zero-order valence-corrected chi connectivity index (χ0v) is 13.0. The summed E-state index contributed by atoms with van der Waals surface area (Å²) in [5.74, 6) is -1.21. The van der Waals surface area contributed by atoms with E-state index in [2.05, 4.69) is 4.90 Å². The molecule has 0 spiro atoms. The van der Waals surface area contributed by atoms with E-state index in [1.165, 1.54) is 19.4 Å². The van der Waals surface area contributed by atoms with Gasteiger partial charge in [-0.25, -0.2) is 0 Å². The van der Waals surface area contributed by atoms with Crippen LogP contribution in [-0.4, -0.2) is 55.1 Å². The number of nitro groups is 3. The molecule has 2 fully saturated rings. The van der Waals surface area contributed by atoms with Crippen LogP contribution in [0.5, 0.6) is 5.75 Å². The van der Waals surface area contributed by atoms with Gasteiger partial charge in [-0.2, -0.15) is 0 Å². The van der Waals surface area contributed by atoms with Gasteiger partial charge in [0.15, 0.2) is 0 Å². The highest BCUT2D eigenvalue weighted by Gasteiger charge is 2.35. The normalized spacial score (nSPS) is 22.0. The molecule has 0 amide bonds. The lowest BCUT2D eigenvalue weighted by atomic mass is 10.1. The maximum atomic E-state index is 10.4. The second-order valence-corrected chi connectivity index (χ2v) is 5.71. The monoisotopic (exact) mass is 356 g/mol. The molecule has 0 aromatic heterocycles. The first-order valence-electron chi connectivity index (χ1n) is 7.44. The number of phenols is 1. The summed E-state index contributed by atoms with van der Waals surface area (Å²) in [5, 5.41) is 49.6. The molecule has 3 rings (SSSR count). The van der Waals surface area contributed by atoms with Crippen molar-refractivity contribution in [3.05, 3.63) is 42.5 Å². The molecule has 2 atom stereocenters. The number of aliphatic hydroxyl groups is 1. The molecule has 2 heterocycles. The lowest BCUT2D eigenvalue weighted by molar-refractivity contribution is -0.404. The lowest BCUT2D eigenvalue weighted by Gasteiger charge is -2.15. The number of benzene rings is 1. The number of hydrogen-bond donors (Lipinski definition) is 2. The summed E-state index contributed by atoms with van der Waals surface area (Å²) < 4.78 is 0. The highest BCUT2D eigenvalue weighted by atomic mass is 16.6. The van der Waals surface area contributed by atoms with Gasteiger partial charge in [-0.3, -0.25) is 35.2 Å². The molecule has 0 unspecified atom stereocenters. The van der Waals surface area contributed by atoms with Crippen LogP contribution in [0.2, 0.25) is 0 Å². The van der Waals surface area contributed by atoms with E-state index in [1.807, 2.05) is 0 Å². The van der Waals surface area contributed by atoms with Gasteiger partial charge in [-0.15, -0.1) is 0 Å². The van der Waals surface area contributed by atoms with Gasteiger partial charge in [0.1, 0.15) is 0 Å². The molecule has 2 saturated heterocycles. The molecule has 0 aliphatic carbocycles. The molecule has 2 aliphatic rings. The Morgan fingerprint density at radius 1 is 0.960 bits per heavy atom. The van der Waals surface area contributed by atoms with Crippen LogP contribution in [0.25, 0.3) is 0 Å². The Bertz CT molecular complexity index is 674. The summed E-state index contributed by atoms with van der Waals surface area (Å²) in [5.41, 5.74) is -3.00. The Hall–Kier alpha value is -2.86. The number of aromatic hydroxyl groups is 1. The summed E-state index contributed by atoms with van der Waals surface area (Å²) in [6.07, 6.45) is 3.51. The predicted octanol–water partition coefficient (Wildman–Crippen LogP) is 1.33. The van der Waals surface area contributed by atoms with Crippen LogP contribution in [0.15, 0.2) is 12.1 Å². The van der Waals surface area contributed by atoms with Crippen molar-refractivity contribution in [3.8, 4) is 5.75 Å². The average Bonchev–Trinajstić information content (AvgIpc) is 3.13. The smallest absolute Gasteiger partial charge is 0.324 e. The molecule has 136 valence electrons. The van der Waals surface area contributed by atoms with Gasteiger partial charge in [0.25, 0.3) is 11.4 Å². The Labute approximate surface area is 140 Å². The Balaban J connectivity index is 0.000000208. The van der Waals surface area contributed by atoms with Gasteiger partial charge in [-0.05, 0) is 25.8 Å². The van der Waals surface area contributed by atoms with Crippen LogP contribution in [0.1, 0.15) is 19.3 Å². The molecule has 1 aromatic rings. The fourth-order valence-corrected chi connectivity index (χ4v) is 3.03. The van der Waals surface area contributed by atoms with E-state index in [0.717, 1.165) is 13.0 Å². The molecule has 0 saturated carbocycles. The van der Waals surface area contributed by atoms with Gasteiger partial charge >= 0.3 is 11.4 Å². The number of fused-ring (bicyclic) bond motifs is 1. The SMILES string of the molecule is O=[N+]([O-])c1cc([N+](=O)[O-])c(O)c([N+](=O)[O-])c1.O[C@@H]1CCN2CCC[C@H]12. The Morgan fingerprint density at radius 2 is 1.52 bits per heavy atom. The second kappa shape index (κ2) is 7.36. The molecule has 0 radical (unpaired) electrons. The van der Waals surface area contributed by atoms with Crippen molar-refractivity contribution in [1.82, 2.24) is 4.90 Å². The minimum absolute atomic E-state index is 0.00694. The molecule has 0 bridgehead atoms. The van der Waals surface area contributed by atoms with Crippen LogP contribution >= 0.6 is 0 Å². The fourth-order valence-electron chi connectivity index (χ4n) is 3.03. The zero-order chi connectivity index (χ0) is 18.7. The van der Waals surface area contributed by atoms with Gasteiger partial charge in [0, 0.05) is 12.6 Å². The zero-order valence-electron chi connectivity index (χ0n) is 13.0. The summed E-state index contributed by atoms with van der Waals surface area (Å²) in [6.45, 7) is 2.35. The number of nitrogens with zero attached hydrogens (tertiary/aromatic N) is 4. The number of nitro benzene ring substituents is 3. The van der Waals surface area contributed by atoms with Crippen molar-refractivity contribution in [1.29, 1.82) is 0 Å². The van der Waals surface area contributed by atoms with E-state index >= 15 is 0 Å². The van der Waals surface area contributed by atoms with E-state index in [4.69, 9.17) is 5.11 Å². The fraction of sp³-hybridized carbons (Fsp3) is 0.538. The Kier molecular flexibility index (Phi) is 5.44. The first-order chi connectivity index (χ1) is 11.7. The lowest BCUT2D eigenvalue weighted by Crippen LogP contribution is -2.28. The van der Waals surface area contributed by atoms with Crippen molar-refractivity contribution < 1.29 is 25.0 Å². The van der Waals surface area contributed by atoms with E-state index in [-0.39, 0.29) is 6.10 Å². The van der Waals surface area contributed by atoms with E-state index in [0.29, 0.717) is 18.2 Å². The third-order valence-electron chi connectivity index (χ3n) is 4.23. The molecular weight excluding hydrogens is 340 g/mol. The van der Waals surface area contributed by atoms with Crippen LogP contribution in [0, 0.1) is 30.3 Å². The summed E-state index contributed by atoms with van der Waals surface area (Å²) in [6, 6.07) is 1.43. The van der Waals surface area contributed by atoms with Crippen molar-refractivity contribution in [2.45, 2.75) is 31.4 Å². The molecule has 1 aromatic carbocycles. The number of rotatable bonds is 3. The van der Waals surface area contributed by atoms with E-state index < -0.39 is 37.6 Å². The number of phenolic OH excluding ortho intramolecular Hbond substituents is 1. The summed E-state index contributed by atoms with van der Waals surface area (Å²) >= 11 is 0. The van der Waals surface area contributed by atoms with Crippen LogP contribution in [0.4, 0.5) is 17.1 Å². The van der Waals surface area contributed by atoms with Gasteiger partial charge in [-0.1, -0.05) is 0 Å². The minimum Gasteiger partial charge on any atom is -0.497 e. The van der Waals surface area contributed by atoms with E-state index in [1.54, 1.807) is 0 Å². The topological polar surface area (TPSA) is 173 Å². The Morgan fingerprint density at radius 3 is 1.96 bits per heavy atom. The molecular formula is C13H16N4O8. The number of hydrogen-bond acceptors (Lipinski definition) is 9. The van der Waals surface area contributed by atoms with Crippen molar-refractivity contribution in [2.75, 3.05) is 13.1 Å². The molecule has 2 N–H and O–H groups in total. The quantitative estimate of drug-likeness (QED) is 0.598. The van der Waals surface area contributed by atoms with Crippen LogP contribution in [-0.2, 0) is 0 Å². The van der Waals surface area contributed by atoms with Crippen molar-refractivity contribution in [3.63, 3.8) is 0 Å². The number of aliphatic hydroxyl groups excluding tert-OH is 1. The van der Waals surface area contributed by atoms with Crippen LogP contribution in [0.3, 0.4) is 0 Å². The van der Waals surface area contributed by atoms with Gasteiger partial charge in [0.2, 0.25) is 0 Å². The number of non-ortho nitro benzene ring substituents is 1. The largest absolute Gasteiger partial charge is 0.497 e. The minimum atomic E-state index is -1.21. The van der Waals surface area contributed by atoms with Crippen molar-refractivity contribution in [2.24, 2.45) is 0 Å². The van der Waals surface area contributed by atoms with Gasteiger partial charge < -0.3 is 10.2 Å². The average molecular weight is 356 g/mol. The first kappa shape index (κ1) is 18.5. The van der Waals surface area contributed by atoms with Gasteiger partial charge in [0.05, 0.1) is 33.0 Å². The van der Waals surface area contributed by atoms with E-state index in [9.17, 15) is 35.4 Å². The third kappa shape index (κ3) is 3.97. The highest BCUT2D eigenvalue weighted by molar-refractivity contribution is 5.64. The molecule has 12 nitrogen and oxygen atoms in total. The highest BCUT2D eigenvalue weighted by Crippen LogP contribution is 2.38. The second-order valence-electron chi connectivity index (χ2n) is 5.71. The predicted molar refractivity (Wildman–Crippen MR) is 83.3 cm³/mol. The maximum Gasteiger partial charge on any atom is 0.324 e. The molecule has 25 heavy (non-hydrogen) atoms. The van der Waals surface area contributed by atoms with Crippen molar-refractivity contribution >= 4 is 17.1 Å².